The lowest BCUT2D eigenvalue weighted by molar-refractivity contribution is -0.141. The van der Waals surface area contributed by atoms with E-state index in [4.69, 9.17) is 0 Å². The number of halogens is 4. The summed E-state index contributed by atoms with van der Waals surface area (Å²) in [5.41, 5.74) is -0.538. The monoisotopic (exact) mass is 516 g/mol. The van der Waals surface area contributed by atoms with Crippen molar-refractivity contribution >= 4 is 27.4 Å². The van der Waals surface area contributed by atoms with E-state index in [9.17, 15) is 30.8 Å². The van der Waals surface area contributed by atoms with Crippen LogP contribution in [0, 0.1) is 5.82 Å². The third-order valence-electron chi connectivity index (χ3n) is 5.85. The van der Waals surface area contributed by atoms with Crippen molar-refractivity contribution in [2.45, 2.75) is 63.7 Å². The molecule has 1 aliphatic rings. The van der Waals surface area contributed by atoms with E-state index in [1.807, 2.05) is 4.72 Å². The number of carbonyl (C=O) groups is 1. The first-order chi connectivity index (χ1) is 16.3. The van der Waals surface area contributed by atoms with Crippen LogP contribution in [0.2, 0.25) is 0 Å². The van der Waals surface area contributed by atoms with Gasteiger partial charge in [0.05, 0.1) is 17.9 Å². The van der Waals surface area contributed by atoms with Crippen molar-refractivity contribution in [2.24, 2.45) is 0 Å². The minimum absolute atomic E-state index is 0.00939. The predicted octanol–water partition coefficient (Wildman–Crippen LogP) is 4.78. The van der Waals surface area contributed by atoms with Gasteiger partial charge in [-0.15, -0.1) is 0 Å². The Morgan fingerprint density at radius 2 is 1.83 bits per heavy atom. The first kappa shape index (κ1) is 26.7. The normalized spacial score (nSPS) is 15.9. The van der Waals surface area contributed by atoms with Crippen molar-refractivity contribution in [3.63, 3.8) is 0 Å². The highest BCUT2D eigenvalue weighted by atomic mass is 32.2. The number of anilines is 2. The topological polar surface area (TPSA) is 100 Å². The van der Waals surface area contributed by atoms with Crippen LogP contribution in [-0.2, 0) is 27.5 Å². The maximum Gasteiger partial charge on any atom is 0.433 e. The molecule has 192 valence electrons. The number of hydrogen-bond acceptors (Lipinski definition) is 5. The number of carbonyl (C=O) groups excluding carboxylic acids is 1. The molecule has 1 aromatic carbocycles. The molecule has 1 atom stereocenters. The molecule has 12 heteroatoms. The van der Waals surface area contributed by atoms with Gasteiger partial charge in [-0.3, -0.25) is 9.52 Å². The number of aromatic nitrogens is 1. The number of benzene rings is 1. The number of nitrogens with one attached hydrogen (secondary N) is 3. The highest BCUT2D eigenvalue weighted by Crippen LogP contribution is 2.31. The van der Waals surface area contributed by atoms with Crippen LogP contribution in [0.25, 0.3) is 0 Å². The van der Waals surface area contributed by atoms with Crippen LogP contribution in [-0.4, -0.2) is 31.6 Å². The number of sulfonamides is 1. The lowest BCUT2D eigenvalue weighted by Gasteiger charge is -2.25. The molecule has 0 saturated heterocycles. The predicted molar refractivity (Wildman–Crippen MR) is 125 cm³/mol. The van der Waals surface area contributed by atoms with Crippen molar-refractivity contribution in [3.05, 3.63) is 53.0 Å². The lowest BCUT2D eigenvalue weighted by Crippen LogP contribution is -2.29. The standard InChI is InChI=1S/C23H28F4N4O3S/c1-14(15-8-10-19(18(24)12-15)31-35(2,33)34)22(32)28-13-16-9-11-20(23(25,26)27)30-21(16)29-17-6-4-3-5-7-17/h8-12,14,17,31H,3-7,13H2,1-2H3,(H,28,32)(H,29,30). The molecule has 0 bridgehead atoms. The minimum Gasteiger partial charge on any atom is -0.367 e. The van der Waals surface area contributed by atoms with Crippen molar-refractivity contribution < 1.29 is 30.8 Å². The summed E-state index contributed by atoms with van der Waals surface area (Å²) in [6, 6.07) is 5.89. The van der Waals surface area contributed by atoms with Gasteiger partial charge in [-0.05, 0) is 43.5 Å². The van der Waals surface area contributed by atoms with Crippen molar-refractivity contribution in [1.82, 2.24) is 10.3 Å². The van der Waals surface area contributed by atoms with Gasteiger partial charge in [-0.2, -0.15) is 13.2 Å². The molecule has 2 aromatic rings. The Labute approximate surface area is 201 Å². The average molecular weight is 517 g/mol. The molecule has 7 nitrogen and oxygen atoms in total. The molecule has 1 aromatic heterocycles. The Morgan fingerprint density at radius 3 is 2.43 bits per heavy atom. The summed E-state index contributed by atoms with van der Waals surface area (Å²) < 4.78 is 78.6. The molecule has 0 aliphatic heterocycles. The zero-order chi connectivity index (χ0) is 25.8. The van der Waals surface area contributed by atoms with Gasteiger partial charge in [-0.1, -0.05) is 31.4 Å². The van der Waals surface area contributed by atoms with Crippen molar-refractivity contribution in [3.8, 4) is 0 Å². The van der Waals surface area contributed by atoms with E-state index >= 15 is 0 Å². The van der Waals surface area contributed by atoms with E-state index in [0.717, 1.165) is 50.5 Å². The number of amides is 1. The zero-order valence-electron chi connectivity index (χ0n) is 19.4. The van der Waals surface area contributed by atoms with Gasteiger partial charge in [0.25, 0.3) is 0 Å². The van der Waals surface area contributed by atoms with Crippen molar-refractivity contribution in [1.29, 1.82) is 0 Å². The summed E-state index contributed by atoms with van der Waals surface area (Å²) in [6.45, 7) is 1.47. The first-order valence-electron chi connectivity index (χ1n) is 11.2. The van der Waals surface area contributed by atoms with Gasteiger partial charge >= 0.3 is 6.18 Å². The highest BCUT2D eigenvalue weighted by molar-refractivity contribution is 7.92. The van der Waals surface area contributed by atoms with Crippen LogP contribution in [0.5, 0.6) is 0 Å². The molecule has 1 saturated carbocycles. The number of nitrogens with zero attached hydrogens (tertiary/aromatic N) is 1. The lowest BCUT2D eigenvalue weighted by atomic mass is 9.95. The van der Waals surface area contributed by atoms with Crippen LogP contribution in [0.15, 0.2) is 30.3 Å². The molecule has 1 heterocycles. The molecule has 3 rings (SSSR count). The third-order valence-corrected chi connectivity index (χ3v) is 6.44. The highest BCUT2D eigenvalue weighted by Gasteiger charge is 2.33. The van der Waals surface area contributed by atoms with E-state index < -0.39 is 39.5 Å². The fraction of sp³-hybridized carbons (Fsp3) is 0.478. The van der Waals surface area contributed by atoms with E-state index in [1.165, 1.54) is 18.2 Å². The molecule has 0 radical (unpaired) electrons. The Hall–Kier alpha value is -2.89. The zero-order valence-corrected chi connectivity index (χ0v) is 20.2. The Bertz CT molecular complexity index is 1170. The van der Waals surface area contributed by atoms with Gasteiger partial charge in [0.2, 0.25) is 15.9 Å². The Balaban J connectivity index is 1.72. The van der Waals surface area contributed by atoms with Crippen LogP contribution in [0.3, 0.4) is 0 Å². The summed E-state index contributed by atoms with van der Waals surface area (Å²) in [6.07, 6.45) is 1.00. The molecule has 3 N–H and O–H groups in total. The van der Waals surface area contributed by atoms with E-state index in [1.54, 1.807) is 6.92 Å². The fourth-order valence-electron chi connectivity index (χ4n) is 3.92. The molecule has 1 amide bonds. The first-order valence-corrected chi connectivity index (χ1v) is 13.1. The minimum atomic E-state index is -4.60. The Kier molecular flexibility index (Phi) is 8.24. The summed E-state index contributed by atoms with van der Waals surface area (Å²) in [5.74, 6) is -2.02. The summed E-state index contributed by atoms with van der Waals surface area (Å²) in [5, 5.41) is 5.78. The molecular weight excluding hydrogens is 488 g/mol. The van der Waals surface area contributed by atoms with Crippen LogP contribution in [0.1, 0.15) is 61.8 Å². The molecule has 0 spiro atoms. The fourth-order valence-corrected chi connectivity index (χ4v) is 4.49. The summed E-state index contributed by atoms with van der Waals surface area (Å²) in [4.78, 5) is 16.5. The van der Waals surface area contributed by atoms with Gasteiger partial charge in [0.15, 0.2) is 0 Å². The van der Waals surface area contributed by atoms with E-state index in [-0.39, 0.29) is 24.1 Å². The second-order valence-electron chi connectivity index (χ2n) is 8.73. The van der Waals surface area contributed by atoms with Gasteiger partial charge in [0, 0.05) is 18.2 Å². The van der Waals surface area contributed by atoms with Crippen LogP contribution < -0.4 is 15.4 Å². The van der Waals surface area contributed by atoms with Gasteiger partial charge in [-0.25, -0.2) is 17.8 Å². The van der Waals surface area contributed by atoms with E-state index in [0.29, 0.717) is 11.1 Å². The van der Waals surface area contributed by atoms with Crippen molar-refractivity contribution in [2.75, 3.05) is 16.3 Å². The van der Waals surface area contributed by atoms with Gasteiger partial charge < -0.3 is 10.6 Å². The smallest absolute Gasteiger partial charge is 0.367 e. The molecule has 1 unspecified atom stereocenters. The molecule has 1 aliphatic carbocycles. The number of pyridine rings is 1. The average Bonchev–Trinajstić information content (AvgIpc) is 2.78. The number of hydrogen-bond donors (Lipinski definition) is 3. The Morgan fingerprint density at radius 1 is 1.14 bits per heavy atom. The quantitative estimate of drug-likeness (QED) is 0.439. The summed E-state index contributed by atoms with van der Waals surface area (Å²) >= 11 is 0. The van der Waals surface area contributed by atoms with Crippen LogP contribution in [0.4, 0.5) is 29.1 Å². The number of alkyl halides is 3. The molecular formula is C23H28F4N4O3S. The second kappa shape index (κ2) is 10.8. The third kappa shape index (κ3) is 7.55. The SMILES string of the molecule is CC(C(=O)NCc1ccc(C(F)(F)F)nc1NC1CCCCC1)c1ccc(NS(C)(=O)=O)c(F)c1. The van der Waals surface area contributed by atoms with Gasteiger partial charge in [0.1, 0.15) is 17.3 Å². The number of rotatable bonds is 8. The molecule has 1 fully saturated rings. The van der Waals surface area contributed by atoms with Crippen LogP contribution >= 0.6 is 0 Å². The molecule has 35 heavy (non-hydrogen) atoms. The second-order valence-corrected chi connectivity index (χ2v) is 10.5. The summed E-state index contributed by atoms with van der Waals surface area (Å²) in [7, 11) is -3.67. The maximum atomic E-state index is 14.3. The largest absolute Gasteiger partial charge is 0.433 e. The maximum absolute atomic E-state index is 14.3. The van der Waals surface area contributed by atoms with E-state index in [2.05, 4.69) is 15.6 Å².